The van der Waals surface area contributed by atoms with Gasteiger partial charge >= 0.3 is 5.97 Å². The third-order valence-corrected chi connectivity index (χ3v) is 2.42. The van der Waals surface area contributed by atoms with E-state index in [9.17, 15) is 4.79 Å². The average Bonchev–Trinajstić information content (AvgIpc) is 2.46. The van der Waals surface area contributed by atoms with E-state index in [1.54, 1.807) is 23.0 Å². The molecule has 5 heteroatoms. The second kappa shape index (κ2) is 3.55. The van der Waals surface area contributed by atoms with Gasteiger partial charge in [-0.05, 0) is 17.7 Å². The van der Waals surface area contributed by atoms with Gasteiger partial charge in [-0.1, -0.05) is 11.6 Å². The molecule has 0 amide bonds. The topological polar surface area (TPSA) is 55.1 Å². The van der Waals surface area contributed by atoms with Crippen LogP contribution in [-0.4, -0.2) is 20.6 Å². The number of fused-ring (bicyclic) bond motifs is 1. The molecule has 0 spiro atoms. The fraction of sp³-hybridized carbons (Fsp3) is 0.200. The Hall–Kier alpha value is -1.55. The zero-order valence-corrected chi connectivity index (χ0v) is 8.82. The van der Waals surface area contributed by atoms with Gasteiger partial charge in [-0.2, -0.15) is 0 Å². The van der Waals surface area contributed by atoms with Crippen molar-refractivity contribution in [2.24, 2.45) is 7.05 Å². The van der Waals surface area contributed by atoms with Crippen molar-refractivity contribution >= 4 is 28.6 Å². The molecule has 0 aliphatic rings. The van der Waals surface area contributed by atoms with Crippen LogP contribution >= 0.6 is 11.6 Å². The van der Waals surface area contributed by atoms with Gasteiger partial charge in [0.05, 0.1) is 23.8 Å². The number of aromatic nitrogens is 2. The first kappa shape index (κ1) is 9.98. The Balaban J connectivity index is 2.68. The van der Waals surface area contributed by atoms with E-state index in [1.165, 1.54) is 0 Å². The minimum atomic E-state index is -0.875. The Labute approximate surface area is 91.1 Å². The van der Waals surface area contributed by atoms with Crippen LogP contribution in [0.3, 0.4) is 0 Å². The van der Waals surface area contributed by atoms with Crippen LogP contribution in [0.4, 0.5) is 0 Å². The predicted molar refractivity (Wildman–Crippen MR) is 57.1 cm³/mol. The quantitative estimate of drug-likeness (QED) is 0.847. The summed E-state index contributed by atoms with van der Waals surface area (Å²) in [5.41, 5.74) is 2.23. The molecule has 0 aliphatic carbocycles. The summed E-state index contributed by atoms with van der Waals surface area (Å²) in [5.74, 6) is -0.875. The molecule has 0 fully saturated rings. The zero-order valence-electron chi connectivity index (χ0n) is 8.07. The molecule has 0 bridgehead atoms. The number of carbonyl (C=O) groups is 1. The summed E-state index contributed by atoms with van der Waals surface area (Å²) in [6.45, 7) is 0. The van der Waals surface area contributed by atoms with E-state index in [0.29, 0.717) is 10.6 Å². The number of imidazole rings is 1. The molecule has 78 valence electrons. The second-order valence-corrected chi connectivity index (χ2v) is 3.80. The van der Waals surface area contributed by atoms with Gasteiger partial charge in [0.25, 0.3) is 0 Å². The lowest BCUT2D eigenvalue weighted by atomic mass is 10.1. The number of carboxylic acids is 1. The summed E-state index contributed by atoms with van der Waals surface area (Å²) < 4.78 is 1.80. The van der Waals surface area contributed by atoms with Crippen LogP contribution in [-0.2, 0) is 18.3 Å². The molecule has 15 heavy (non-hydrogen) atoms. The van der Waals surface area contributed by atoms with E-state index in [1.807, 2.05) is 7.05 Å². The number of aliphatic carboxylic acids is 1. The molecule has 0 aliphatic heterocycles. The smallest absolute Gasteiger partial charge is 0.307 e. The molecule has 0 saturated carbocycles. The van der Waals surface area contributed by atoms with Crippen LogP contribution in [0.1, 0.15) is 5.56 Å². The van der Waals surface area contributed by atoms with Gasteiger partial charge < -0.3 is 9.67 Å². The molecule has 1 heterocycles. The average molecular weight is 225 g/mol. The molecular weight excluding hydrogens is 216 g/mol. The van der Waals surface area contributed by atoms with Crippen LogP contribution in [0.25, 0.3) is 11.0 Å². The molecule has 0 atom stereocenters. The molecule has 2 aromatic rings. The van der Waals surface area contributed by atoms with Crippen LogP contribution in [0.2, 0.25) is 5.02 Å². The van der Waals surface area contributed by atoms with Gasteiger partial charge in [0.15, 0.2) is 0 Å². The van der Waals surface area contributed by atoms with Crippen molar-refractivity contribution in [3.8, 4) is 0 Å². The minimum absolute atomic E-state index is 0.0450. The molecule has 0 unspecified atom stereocenters. The van der Waals surface area contributed by atoms with Gasteiger partial charge in [-0.25, -0.2) is 4.98 Å². The molecule has 1 N–H and O–H groups in total. The summed E-state index contributed by atoms with van der Waals surface area (Å²) in [7, 11) is 1.83. The summed E-state index contributed by atoms with van der Waals surface area (Å²) in [6.07, 6.45) is 1.60. The summed E-state index contributed by atoms with van der Waals surface area (Å²) in [5, 5.41) is 9.28. The van der Waals surface area contributed by atoms with E-state index in [-0.39, 0.29) is 6.42 Å². The minimum Gasteiger partial charge on any atom is -0.481 e. The number of aryl methyl sites for hydroxylation is 1. The van der Waals surface area contributed by atoms with Crippen molar-refractivity contribution in [3.63, 3.8) is 0 Å². The number of carboxylic acid groups (broad SMARTS) is 1. The fourth-order valence-corrected chi connectivity index (χ4v) is 1.88. The summed E-state index contributed by atoms with van der Waals surface area (Å²) in [6, 6.07) is 3.39. The van der Waals surface area contributed by atoms with Crippen molar-refractivity contribution in [1.82, 2.24) is 9.55 Å². The lowest BCUT2D eigenvalue weighted by molar-refractivity contribution is -0.136. The first-order valence-electron chi connectivity index (χ1n) is 4.39. The third kappa shape index (κ3) is 1.80. The summed E-state index contributed by atoms with van der Waals surface area (Å²) >= 11 is 5.87. The second-order valence-electron chi connectivity index (χ2n) is 3.36. The Morgan fingerprint density at radius 1 is 1.60 bits per heavy atom. The number of halogens is 1. The highest BCUT2D eigenvalue weighted by Gasteiger charge is 2.10. The van der Waals surface area contributed by atoms with Crippen molar-refractivity contribution in [3.05, 3.63) is 29.0 Å². The molecule has 2 rings (SSSR count). The van der Waals surface area contributed by atoms with Crippen LogP contribution in [0.5, 0.6) is 0 Å². The highest BCUT2D eigenvalue weighted by atomic mass is 35.5. The Morgan fingerprint density at radius 2 is 2.33 bits per heavy atom. The maximum Gasteiger partial charge on any atom is 0.307 e. The lowest BCUT2D eigenvalue weighted by Gasteiger charge is -2.03. The molecule has 1 aromatic carbocycles. The highest BCUT2D eigenvalue weighted by Crippen LogP contribution is 2.23. The molecule has 1 aromatic heterocycles. The molecular formula is C10H9ClN2O2. The van der Waals surface area contributed by atoms with E-state index >= 15 is 0 Å². The van der Waals surface area contributed by atoms with Gasteiger partial charge in [-0.3, -0.25) is 4.79 Å². The Kier molecular flexibility index (Phi) is 2.36. The maximum atomic E-state index is 10.7. The van der Waals surface area contributed by atoms with Crippen molar-refractivity contribution in [2.75, 3.05) is 0 Å². The monoisotopic (exact) mass is 224 g/mol. The van der Waals surface area contributed by atoms with Gasteiger partial charge in [0.1, 0.15) is 0 Å². The molecule has 0 radical (unpaired) electrons. The third-order valence-electron chi connectivity index (χ3n) is 2.20. The first-order valence-corrected chi connectivity index (χ1v) is 4.77. The predicted octanol–water partition coefficient (Wildman–Crippen LogP) is 1.85. The maximum absolute atomic E-state index is 10.7. The normalized spacial score (nSPS) is 10.8. The van der Waals surface area contributed by atoms with Gasteiger partial charge in [-0.15, -0.1) is 0 Å². The molecule has 4 nitrogen and oxygen atoms in total. The van der Waals surface area contributed by atoms with Crippen molar-refractivity contribution in [2.45, 2.75) is 6.42 Å². The van der Waals surface area contributed by atoms with Gasteiger partial charge in [0.2, 0.25) is 0 Å². The Bertz CT molecular complexity index is 533. The van der Waals surface area contributed by atoms with E-state index in [2.05, 4.69) is 4.98 Å². The number of hydrogen-bond donors (Lipinski definition) is 1. The highest BCUT2D eigenvalue weighted by molar-refractivity contribution is 6.31. The van der Waals surface area contributed by atoms with Crippen LogP contribution in [0.15, 0.2) is 18.5 Å². The summed E-state index contributed by atoms with van der Waals surface area (Å²) in [4.78, 5) is 14.8. The standard InChI is InChI=1S/C10H9ClN2O2/c1-13-5-12-8-4-7(11)2-6(10(8)13)3-9(14)15/h2,4-5H,3H2,1H3,(H,14,15). The lowest BCUT2D eigenvalue weighted by Crippen LogP contribution is -2.02. The SMILES string of the molecule is Cn1cnc2cc(Cl)cc(CC(=O)O)c21. The van der Waals surface area contributed by atoms with E-state index in [4.69, 9.17) is 16.7 Å². The number of benzene rings is 1. The van der Waals surface area contributed by atoms with E-state index in [0.717, 1.165) is 11.0 Å². The van der Waals surface area contributed by atoms with Crippen molar-refractivity contribution in [1.29, 1.82) is 0 Å². The van der Waals surface area contributed by atoms with E-state index < -0.39 is 5.97 Å². The fourth-order valence-electron chi connectivity index (χ4n) is 1.65. The molecule has 0 saturated heterocycles. The Morgan fingerprint density at radius 3 is 3.00 bits per heavy atom. The number of nitrogens with zero attached hydrogens (tertiary/aromatic N) is 2. The van der Waals surface area contributed by atoms with Gasteiger partial charge in [0, 0.05) is 12.1 Å². The largest absolute Gasteiger partial charge is 0.481 e. The zero-order chi connectivity index (χ0) is 11.0. The van der Waals surface area contributed by atoms with Crippen LogP contribution in [0, 0.1) is 0 Å². The van der Waals surface area contributed by atoms with Crippen LogP contribution < -0.4 is 0 Å². The van der Waals surface area contributed by atoms with Crippen molar-refractivity contribution < 1.29 is 9.90 Å². The number of hydrogen-bond acceptors (Lipinski definition) is 2. The number of rotatable bonds is 2. The first-order chi connectivity index (χ1) is 7.08.